The fourth-order valence-electron chi connectivity index (χ4n) is 2.01. The highest BCUT2D eigenvalue weighted by Gasteiger charge is 2.25. The van der Waals surface area contributed by atoms with Gasteiger partial charge in [-0.2, -0.15) is 0 Å². The molecule has 0 radical (unpaired) electrons. The summed E-state index contributed by atoms with van der Waals surface area (Å²) in [6.45, 7) is 6.32. The lowest BCUT2D eigenvalue weighted by Crippen LogP contribution is -2.29. The maximum absolute atomic E-state index is 12.6. The van der Waals surface area contributed by atoms with E-state index in [-0.39, 0.29) is 4.90 Å². The van der Waals surface area contributed by atoms with Gasteiger partial charge in [-0.25, -0.2) is 12.7 Å². The number of anilines is 1. The SMILES string of the molecule is CCCCCN(C)S(=O)(=O)c1c(N)ccc(C)c1C. The van der Waals surface area contributed by atoms with E-state index in [0.717, 1.165) is 30.4 Å². The Morgan fingerprint density at radius 3 is 2.42 bits per heavy atom. The van der Waals surface area contributed by atoms with Crippen LogP contribution in [0.25, 0.3) is 0 Å². The molecule has 1 aromatic carbocycles. The molecule has 0 spiro atoms. The van der Waals surface area contributed by atoms with Crippen LogP contribution in [0.4, 0.5) is 5.69 Å². The van der Waals surface area contributed by atoms with Crippen molar-refractivity contribution in [2.75, 3.05) is 19.3 Å². The number of rotatable bonds is 6. The molecule has 0 saturated carbocycles. The molecule has 108 valence electrons. The monoisotopic (exact) mass is 284 g/mol. The minimum Gasteiger partial charge on any atom is -0.398 e. The molecule has 0 aliphatic heterocycles. The fraction of sp³-hybridized carbons (Fsp3) is 0.571. The van der Waals surface area contributed by atoms with Gasteiger partial charge >= 0.3 is 0 Å². The molecule has 5 heteroatoms. The summed E-state index contributed by atoms with van der Waals surface area (Å²) in [7, 11) is -1.88. The van der Waals surface area contributed by atoms with Crippen LogP contribution in [-0.4, -0.2) is 26.3 Å². The van der Waals surface area contributed by atoms with Crippen LogP contribution < -0.4 is 5.73 Å². The number of nitrogens with two attached hydrogens (primary N) is 1. The Bertz CT molecular complexity index is 539. The summed E-state index contributed by atoms with van der Waals surface area (Å²) in [5.41, 5.74) is 7.87. The van der Waals surface area contributed by atoms with Crippen LogP contribution in [0.5, 0.6) is 0 Å². The number of unbranched alkanes of at least 4 members (excludes halogenated alkanes) is 2. The first kappa shape index (κ1) is 16.0. The molecule has 4 nitrogen and oxygen atoms in total. The van der Waals surface area contributed by atoms with Crippen LogP contribution in [0.3, 0.4) is 0 Å². The van der Waals surface area contributed by atoms with Gasteiger partial charge in [0.2, 0.25) is 10.0 Å². The maximum atomic E-state index is 12.6. The summed E-state index contributed by atoms with van der Waals surface area (Å²) in [6.07, 6.45) is 2.97. The Balaban J connectivity index is 3.10. The second-order valence-electron chi connectivity index (χ2n) is 4.96. The molecule has 0 amide bonds. The molecule has 1 rings (SSSR count). The first-order chi connectivity index (χ1) is 8.82. The zero-order valence-electron chi connectivity index (χ0n) is 12.2. The number of nitrogen functional groups attached to an aromatic ring is 1. The van der Waals surface area contributed by atoms with Crippen LogP contribution >= 0.6 is 0 Å². The lowest BCUT2D eigenvalue weighted by Gasteiger charge is -2.20. The van der Waals surface area contributed by atoms with Crippen LogP contribution in [0.15, 0.2) is 17.0 Å². The third kappa shape index (κ3) is 3.48. The zero-order chi connectivity index (χ0) is 14.6. The molecule has 19 heavy (non-hydrogen) atoms. The van der Waals surface area contributed by atoms with Crippen molar-refractivity contribution < 1.29 is 8.42 Å². The molecule has 0 fully saturated rings. The lowest BCUT2D eigenvalue weighted by molar-refractivity contribution is 0.454. The topological polar surface area (TPSA) is 63.4 Å². The van der Waals surface area contributed by atoms with E-state index in [2.05, 4.69) is 6.92 Å². The van der Waals surface area contributed by atoms with Crippen molar-refractivity contribution in [3.8, 4) is 0 Å². The highest BCUT2D eigenvalue weighted by molar-refractivity contribution is 7.89. The molecule has 0 aromatic heterocycles. The van der Waals surface area contributed by atoms with Crippen molar-refractivity contribution in [3.05, 3.63) is 23.3 Å². The third-order valence-corrected chi connectivity index (χ3v) is 5.51. The molecule has 0 atom stereocenters. The number of hydrogen-bond acceptors (Lipinski definition) is 3. The van der Waals surface area contributed by atoms with Gasteiger partial charge in [0.1, 0.15) is 4.90 Å². The second kappa shape index (κ2) is 6.39. The molecule has 0 heterocycles. The standard InChI is InChI=1S/C14H24N2O2S/c1-5-6-7-10-16(4)19(17,18)14-12(3)11(2)8-9-13(14)15/h8-9H,5-7,10,15H2,1-4H3. The summed E-state index contributed by atoms with van der Waals surface area (Å²) < 4.78 is 26.5. The fourth-order valence-corrected chi connectivity index (χ4v) is 3.61. The Hall–Kier alpha value is -1.07. The van der Waals surface area contributed by atoms with Gasteiger partial charge in [-0.1, -0.05) is 25.8 Å². The molecule has 0 saturated heterocycles. The van der Waals surface area contributed by atoms with E-state index in [4.69, 9.17) is 5.73 Å². The number of hydrogen-bond donors (Lipinski definition) is 1. The summed E-state index contributed by atoms with van der Waals surface area (Å²) in [5, 5.41) is 0. The molecule has 1 aromatic rings. The van der Waals surface area contributed by atoms with E-state index < -0.39 is 10.0 Å². The Kier molecular flexibility index (Phi) is 5.38. The lowest BCUT2D eigenvalue weighted by atomic mass is 10.1. The predicted octanol–water partition coefficient (Wildman–Crippen LogP) is 2.70. The van der Waals surface area contributed by atoms with Gasteiger partial charge in [-0.05, 0) is 37.5 Å². The Labute approximate surface area is 116 Å². The maximum Gasteiger partial charge on any atom is 0.245 e. The summed E-state index contributed by atoms with van der Waals surface area (Å²) >= 11 is 0. The molecule has 2 N–H and O–H groups in total. The van der Waals surface area contributed by atoms with Crippen molar-refractivity contribution in [2.45, 2.75) is 44.9 Å². The molecule has 0 unspecified atom stereocenters. The normalized spacial score (nSPS) is 12.1. The summed E-state index contributed by atoms with van der Waals surface area (Å²) in [4.78, 5) is 0.256. The van der Waals surface area contributed by atoms with Crippen molar-refractivity contribution in [1.29, 1.82) is 0 Å². The summed E-state index contributed by atoms with van der Waals surface area (Å²) in [5.74, 6) is 0. The van der Waals surface area contributed by atoms with Crippen LogP contribution in [0, 0.1) is 13.8 Å². The average Bonchev–Trinajstić information content (AvgIpc) is 2.34. The number of sulfonamides is 1. The Morgan fingerprint density at radius 2 is 1.84 bits per heavy atom. The van der Waals surface area contributed by atoms with Crippen LogP contribution in [-0.2, 0) is 10.0 Å². The number of benzene rings is 1. The molecular formula is C14H24N2O2S. The quantitative estimate of drug-likeness (QED) is 0.645. The Morgan fingerprint density at radius 1 is 1.21 bits per heavy atom. The van der Waals surface area contributed by atoms with Crippen molar-refractivity contribution in [2.24, 2.45) is 0 Å². The second-order valence-corrected chi connectivity index (χ2v) is 6.94. The average molecular weight is 284 g/mol. The van der Waals surface area contributed by atoms with Crippen molar-refractivity contribution in [3.63, 3.8) is 0 Å². The highest BCUT2D eigenvalue weighted by atomic mass is 32.2. The van der Waals surface area contributed by atoms with Gasteiger partial charge in [0, 0.05) is 13.6 Å². The van der Waals surface area contributed by atoms with Gasteiger partial charge in [-0.15, -0.1) is 0 Å². The van der Waals surface area contributed by atoms with Crippen LogP contribution in [0.1, 0.15) is 37.3 Å². The zero-order valence-corrected chi connectivity index (χ0v) is 13.0. The predicted molar refractivity (Wildman–Crippen MR) is 79.7 cm³/mol. The minimum absolute atomic E-state index is 0.256. The van der Waals surface area contributed by atoms with E-state index in [1.165, 1.54) is 4.31 Å². The van der Waals surface area contributed by atoms with E-state index in [1.807, 2.05) is 13.0 Å². The highest BCUT2D eigenvalue weighted by Crippen LogP contribution is 2.27. The van der Waals surface area contributed by atoms with E-state index in [1.54, 1.807) is 20.0 Å². The first-order valence-corrected chi connectivity index (χ1v) is 8.08. The third-order valence-electron chi connectivity index (χ3n) is 3.45. The van der Waals surface area contributed by atoms with Gasteiger partial charge < -0.3 is 5.73 Å². The number of aryl methyl sites for hydroxylation is 1. The summed E-state index contributed by atoms with van der Waals surface area (Å²) in [6, 6.07) is 3.51. The largest absolute Gasteiger partial charge is 0.398 e. The van der Waals surface area contributed by atoms with E-state index in [9.17, 15) is 8.42 Å². The van der Waals surface area contributed by atoms with E-state index in [0.29, 0.717) is 12.2 Å². The van der Waals surface area contributed by atoms with Gasteiger partial charge in [0.05, 0.1) is 5.69 Å². The first-order valence-electron chi connectivity index (χ1n) is 6.64. The van der Waals surface area contributed by atoms with Crippen LogP contribution in [0.2, 0.25) is 0 Å². The van der Waals surface area contributed by atoms with Gasteiger partial charge in [-0.3, -0.25) is 0 Å². The molecular weight excluding hydrogens is 260 g/mol. The number of nitrogens with zero attached hydrogens (tertiary/aromatic N) is 1. The van der Waals surface area contributed by atoms with Crippen molar-refractivity contribution >= 4 is 15.7 Å². The molecule has 0 aliphatic carbocycles. The minimum atomic E-state index is -3.49. The van der Waals surface area contributed by atoms with E-state index >= 15 is 0 Å². The van der Waals surface area contributed by atoms with Crippen molar-refractivity contribution in [1.82, 2.24) is 4.31 Å². The molecule has 0 bridgehead atoms. The smallest absolute Gasteiger partial charge is 0.245 e. The van der Waals surface area contributed by atoms with Gasteiger partial charge in [0.15, 0.2) is 0 Å². The van der Waals surface area contributed by atoms with Gasteiger partial charge in [0.25, 0.3) is 0 Å². The molecule has 0 aliphatic rings.